The molecule has 8 heteroatoms. The molecule has 5 rings (SSSR count). The zero-order valence-corrected chi connectivity index (χ0v) is 16.6. The maximum Gasteiger partial charge on any atom is 0.277 e. The van der Waals surface area contributed by atoms with E-state index in [-0.39, 0.29) is 16.8 Å². The van der Waals surface area contributed by atoms with Crippen molar-refractivity contribution in [3.8, 4) is 0 Å². The van der Waals surface area contributed by atoms with E-state index in [1.165, 1.54) is 4.52 Å². The first-order valence-corrected chi connectivity index (χ1v) is 9.82. The van der Waals surface area contributed by atoms with Gasteiger partial charge in [0, 0.05) is 11.6 Å². The summed E-state index contributed by atoms with van der Waals surface area (Å²) in [4.78, 5) is 26.0. The zero-order valence-electron chi connectivity index (χ0n) is 16.6. The van der Waals surface area contributed by atoms with Crippen molar-refractivity contribution in [2.45, 2.75) is 6.54 Å². The van der Waals surface area contributed by atoms with Gasteiger partial charge in [-0.15, -0.1) is 0 Å². The zero-order chi connectivity index (χ0) is 22.2. The molecule has 1 amide bonds. The Hall–Kier alpha value is -4.33. The van der Waals surface area contributed by atoms with E-state index in [0.29, 0.717) is 29.2 Å². The third kappa shape index (κ3) is 3.41. The van der Waals surface area contributed by atoms with Crippen molar-refractivity contribution in [2.75, 3.05) is 5.32 Å². The molecule has 0 bridgehead atoms. The van der Waals surface area contributed by atoms with Crippen molar-refractivity contribution in [3.63, 3.8) is 0 Å². The number of benzene rings is 3. The van der Waals surface area contributed by atoms with E-state index >= 15 is 0 Å². The molecule has 2 aromatic heterocycles. The first-order valence-electron chi connectivity index (χ1n) is 9.82. The van der Waals surface area contributed by atoms with E-state index in [2.05, 4.69) is 10.4 Å². The fourth-order valence-electron chi connectivity index (χ4n) is 3.67. The molecule has 32 heavy (non-hydrogen) atoms. The highest BCUT2D eigenvalue weighted by Crippen LogP contribution is 2.20. The van der Waals surface area contributed by atoms with Crippen LogP contribution in [0.5, 0.6) is 0 Å². The lowest BCUT2D eigenvalue weighted by molar-refractivity contribution is 0.102. The van der Waals surface area contributed by atoms with Crippen molar-refractivity contribution in [1.29, 1.82) is 0 Å². The van der Waals surface area contributed by atoms with Crippen molar-refractivity contribution in [2.24, 2.45) is 0 Å². The molecular weight excluding hydrogens is 414 g/mol. The number of carbonyl (C=O) groups is 1. The number of anilines is 1. The van der Waals surface area contributed by atoms with Gasteiger partial charge in [0.25, 0.3) is 11.5 Å². The van der Waals surface area contributed by atoms with Gasteiger partial charge in [0.1, 0.15) is 17.2 Å². The number of nitrogens with zero attached hydrogens (tertiary/aromatic N) is 3. The molecule has 0 saturated heterocycles. The summed E-state index contributed by atoms with van der Waals surface area (Å²) in [5.74, 6) is -2.20. The molecule has 0 aliphatic carbocycles. The van der Waals surface area contributed by atoms with Crippen molar-refractivity contribution < 1.29 is 13.6 Å². The van der Waals surface area contributed by atoms with Gasteiger partial charge in [-0.2, -0.15) is 5.10 Å². The first-order chi connectivity index (χ1) is 15.5. The summed E-state index contributed by atoms with van der Waals surface area (Å²) in [7, 11) is 0. The lowest BCUT2D eigenvalue weighted by Gasteiger charge is -2.14. The highest BCUT2D eigenvalue weighted by Gasteiger charge is 2.16. The Balaban J connectivity index is 1.63. The second kappa shape index (κ2) is 7.73. The highest BCUT2D eigenvalue weighted by molar-refractivity contribution is 6.06. The minimum atomic E-state index is -0.877. The van der Waals surface area contributed by atoms with E-state index < -0.39 is 17.5 Å². The first kappa shape index (κ1) is 19.6. The van der Waals surface area contributed by atoms with Gasteiger partial charge in [-0.3, -0.25) is 9.59 Å². The molecule has 1 N–H and O–H groups in total. The second-order valence-corrected chi connectivity index (χ2v) is 7.29. The van der Waals surface area contributed by atoms with Gasteiger partial charge >= 0.3 is 0 Å². The van der Waals surface area contributed by atoms with Crippen LogP contribution in [-0.2, 0) is 6.54 Å². The summed E-state index contributed by atoms with van der Waals surface area (Å²) in [5, 5.41) is 6.68. The topological polar surface area (TPSA) is 68.4 Å². The third-order valence-corrected chi connectivity index (χ3v) is 5.23. The van der Waals surface area contributed by atoms with Crippen LogP contribution in [0.15, 0.2) is 83.8 Å². The average Bonchev–Trinajstić information content (AvgIpc) is 3.29. The van der Waals surface area contributed by atoms with Crippen LogP contribution in [-0.4, -0.2) is 20.1 Å². The van der Waals surface area contributed by atoms with Crippen LogP contribution < -0.4 is 10.9 Å². The standard InChI is InChI=1S/C24H16F2N4O2/c25-17-7-8-19(18(26)13-17)28-23(31)16-6-9-20-22(12-16)29(14-15-4-2-1-3-5-15)24(32)21-10-11-27-30(20)21/h1-13H,14H2,(H,28,31). The number of nitrogens with one attached hydrogen (secondary N) is 1. The molecular formula is C24H16F2N4O2. The van der Waals surface area contributed by atoms with Gasteiger partial charge in [-0.05, 0) is 42.0 Å². The summed E-state index contributed by atoms with van der Waals surface area (Å²) < 4.78 is 30.2. The molecule has 0 aliphatic rings. The Morgan fingerprint density at radius 2 is 1.72 bits per heavy atom. The molecule has 3 aromatic carbocycles. The molecule has 0 aliphatic heterocycles. The lowest BCUT2D eigenvalue weighted by atomic mass is 10.1. The van der Waals surface area contributed by atoms with Gasteiger partial charge in [0.05, 0.1) is 29.5 Å². The Morgan fingerprint density at radius 3 is 2.50 bits per heavy atom. The van der Waals surface area contributed by atoms with E-state index in [0.717, 1.165) is 17.7 Å². The van der Waals surface area contributed by atoms with E-state index in [4.69, 9.17) is 0 Å². The van der Waals surface area contributed by atoms with Crippen LogP contribution in [0.1, 0.15) is 15.9 Å². The van der Waals surface area contributed by atoms with Crippen LogP contribution >= 0.6 is 0 Å². The van der Waals surface area contributed by atoms with Crippen molar-refractivity contribution in [3.05, 3.63) is 112 Å². The maximum absolute atomic E-state index is 14.0. The van der Waals surface area contributed by atoms with E-state index in [1.807, 2.05) is 30.3 Å². The molecule has 0 radical (unpaired) electrons. The molecule has 0 spiro atoms. The summed E-state index contributed by atoms with van der Waals surface area (Å²) >= 11 is 0. The number of halogens is 2. The average molecular weight is 430 g/mol. The molecule has 0 fully saturated rings. The van der Waals surface area contributed by atoms with E-state index in [9.17, 15) is 18.4 Å². The number of rotatable bonds is 4. The quantitative estimate of drug-likeness (QED) is 0.464. The Bertz CT molecular complexity index is 1540. The SMILES string of the molecule is O=C(Nc1ccc(F)cc1F)c1ccc2c(c1)n(Cc1ccccc1)c(=O)c1ccnn12. The molecule has 158 valence electrons. The van der Waals surface area contributed by atoms with Crippen LogP contribution in [0.2, 0.25) is 0 Å². The van der Waals surface area contributed by atoms with E-state index in [1.54, 1.807) is 35.0 Å². The normalized spacial score (nSPS) is 11.2. The molecule has 0 atom stereocenters. The molecule has 5 aromatic rings. The van der Waals surface area contributed by atoms with Crippen LogP contribution in [0.4, 0.5) is 14.5 Å². The van der Waals surface area contributed by atoms with Crippen molar-refractivity contribution >= 4 is 28.1 Å². The number of fused-ring (bicyclic) bond motifs is 3. The summed E-state index contributed by atoms with van der Waals surface area (Å²) in [6.45, 7) is 0.301. The number of aromatic nitrogens is 3. The maximum atomic E-state index is 14.0. The molecule has 2 heterocycles. The summed E-state index contributed by atoms with van der Waals surface area (Å²) in [6, 6.07) is 18.9. The smallest absolute Gasteiger partial charge is 0.277 e. The summed E-state index contributed by atoms with van der Waals surface area (Å²) in [6.07, 6.45) is 1.54. The monoisotopic (exact) mass is 430 g/mol. The predicted octanol–water partition coefficient (Wildman–Crippen LogP) is 4.23. The molecule has 0 saturated carbocycles. The Labute approximate surface area is 180 Å². The van der Waals surface area contributed by atoms with Gasteiger partial charge < -0.3 is 9.88 Å². The minimum Gasteiger partial charge on any atom is -0.319 e. The number of hydrogen-bond donors (Lipinski definition) is 1. The Kier molecular flexibility index (Phi) is 4.74. The Morgan fingerprint density at radius 1 is 0.906 bits per heavy atom. The predicted molar refractivity (Wildman–Crippen MR) is 117 cm³/mol. The largest absolute Gasteiger partial charge is 0.319 e. The number of amides is 1. The second-order valence-electron chi connectivity index (χ2n) is 7.29. The minimum absolute atomic E-state index is 0.138. The molecule has 6 nitrogen and oxygen atoms in total. The van der Waals surface area contributed by atoms with Gasteiger partial charge in [-0.25, -0.2) is 13.3 Å². The van der Waals surface area contributed by atoms with Crippen LogP contribution in [0, 0.1) is 11.6 Å². The van der Waals surface area contributed by atoms with Crippen LogP contribution in [0.25, 0.3) is 16.6 Å². The van der Waals surface area contributed by atoms with Gasteiger partial charge in [-0.1, -0.05) is 30.3 Å². The molecule has 0 unspecified atom stereocenters. The third-order valence-electron chi connectivity index (χ3n) is 5.23. The van der Waals surface area contributed by atoms with Crippen molar-refractivity contribution in [1.82, 2.24) is 14.2 Å². The summed E-state index contributed by atoms with van der Waals surface area (Å²) in [5.41, 5.74) is 2.31. The lowest BCUT2D eigenvalue weighted by Crippen LogP contribution is -2.24. The fraction of sp³-hybridized carbons (Fsp3) is 0.0417. The number of hydrogen-bond acceptors (Lipinski definition) is 3. The van der Waals surface area contributed by atoms with Crippen LogP contribution in [0.3, 0.4) is 0 Å². The number of carbonyl (C=O) groups excluding carboxylic acids is 1. The fourth-order valence-corrected chi connectivity index (χ4v) is 3.67. The highest BCUT2D eigenvalue weighted by atomic mass is 19.1. The van der Waals surface area contributed by atoms with Gasteiger partial charge in [0.2, 0.25) is 0 Å². The van der Waals surface area contributed by atoms with Gasteiger partial charge in [0.15, 0.2) is 0 Å².